The molecule has 0 aliphatic carbocycles. The zero-order valence-electron chi connectivity index (χ0n) is 18.6. The fraction of sp³-hybridized carbons (Fsp3) is 0.900. The van der Waals surface area contributed by atoms with Gasteiger partial charge in [0.25, 0.3) is 0 Å². The first-order valence-electron chi connectivity index (χ1n) is 9.91. The maximum atomic E-state index is 11.5. The Bertz CT molecular complexity index is 472. The van der Waals surface area contributed by atoms with Crippen molar-refractivity contribution in [3.8, 4) is 0 Å². The monoisotopic (exact) mass is 402 g/mol. The number of aliphatic hydroxyl groups is 2. The summed E-state index contributed by atoms with van der Waals surface area (Å²) in [5.74, 6) is 0.282. The van der Waals surface area contributed by atoms with Crippen LogP contribution in [0.15, 0.2) is 0 Å². The Morgan fingerprint density at radius 1 is 0.714 bits per heavy atom. The Morgan fingerprint density at radius 2 is 1.00 bits per heavy atom. The van der Waals surface area contributed by atoms with Crippen LogP contribution in [0.1, 0.15) is 55.4 Å². The zero-order valence-corrected chi connectivity index (χ0v) is 18.6. The molecule has 2 saturated heterocycles. The van der Waals surface area contributed by atoms with Crippen LogP contribution < -0.4 is 0 Å². The van der Waals surface area contributed by atoms with Gasteiger partial charge in [-0.3, -0.25) is 0 Å². The summed E-state index contributed by atoms with van der Waals surface area (Å²) in [6.45, 7) is 16.8. The van der Waals surface area contributed by atoms with Crippen molar-refractivity contribution in [1.82, 2.24) is 9.80 Å². The number of aliphatic hydroxyl groups excluding tert-OH is 2. The summed E-state index contributed by atoms with van der Waals surface area (Å²) in [6, 6.07) is 0. The van der Waals surface area contributed by atoms with Crippen molar-refractivity contribution in [2.45, 2.75) is 78.8 Å². The van der Waals surface area contributed by atoms with Gasteiger partial charge in [0.1, 0.15) is 11.2 Å². The van der Waals surface area contributed by atoms with Crippen LogP contribution in [-0.2, 0) is 9.47 Å². The summed E-state index contributed by atoms with van der Waals surface area (Å²) in [6.07, 6.45) is -1.49. The summed E-state index contributed by atoms with van der Waals surface area (Å²) in [4.78, 5) is 26.2. The number of nitrogens with zero attached hydrogens (tertiary/aromatic N) is 2. The van der Waals surface area contributed by atoms with Crippen LogP contribution >= 0.6 is 0 Å². The molecule has 2 rings (SSSR count). The van der Waals surface area contributed by atoms with E-state index in [1.165, 1.54) is 0 Å². The first-order chi connectivity index (χ1) is 12.6. The largest absolute Gasteiger partial charge is 0.444 e. The van der Waals surface area contributed by atoms with Gasteiger partial charge in [0.15, 0.2) is 0 Å². The second-order valence-corrected chi connectivity index (χ2v) is 9.86. The lowest BCUT2D eigenvalue weighted by Crippen LogP contribution is -2.35. The number of hydrogen-bond donors (Lipinski definition) is 2. The van der Waals surface area contributed by atoms with Crippen molar-refractivity contribution in [2.75, 3.05) is 26.2 Å². The molecule has 2 heterocycles. The van der Waals surface area contributed by atoms with E-state index in [9.17, 15) is 19.8 Å². The van der Waals surface area contributed by atoms with Gasteiger partial charge < -0.3 is 29.5 Å². The molecule has 8 heteroatoms. The zero-order chi connectivity index (χ0) is 21.9. The minimum atomic E-state index is -0.464. The Morgan fingerprint density at radius 3 is 1.18 bits per heavy atom. The van der Waals surface area contributed by atoms with E-state index in [1.807, 2.05) is 55.4 Å². The highest BCUT2D eigenvalue weighted by atomic mass is 16.6. The van der Waals surface area contributed by atoms with Gasteiger partial charge >= 0.3 is 12.2 Å². The summed E-state index contributed by atoms with van der Waals surface area (Å²) in [5.41, 5.74) is -0.929. The first-order valence-corrected chi connectivity index (χ1v) is 9.91. The minimum Gasteiger partial charge on any atom is -0.444 e. The molecular formula is C20H38N2O6. The molecule has 0 aromatic carbocycles. The number of hydrogen-bond acceptors (Lipinski definition) is 6. The SMILES string of the molecule is C[C@@H]1CN(C(=O)OC(C)(C)C)C[C@@H]1O.C[C@H]1CN(C(=O)OC(C)(C)C)C[C@H]1O. The van der Waals surface area contributed by atoms with E-state index in [1.54, 1.807) is 9.80 Å². The molecule has 0 radical (unpaired) electrons. The molecule has 0 spiro atoms. The highest BCUT2D eigenvalue weighted by molar-refractivity contribution is 5.69. The highest BCUT2D eigenvalue weighted by Gasteiger charge is 2.34. The van der Waals surface area contributed by atoms with Gasteiger partial charge in [-0.05, 0) is 41.5 Å². The summed E-state index contributed by atoms with van der Waals surface area (Å²) in [7, 11) is 0. The van der Waals surface area contributed by atoms with Gasteiger partial charge in [-0.25, -0.2) is 9.59 Å². The molecule has 8 nitrogen and oxygen atoms in total. The van der Waals surface area contributed by atoms with Crippen molar-refractivity contribution in [2.24, 2.45) is 11.8 Å². The van der Waals surface area contributed by atoms with Crippen LogP contribution in [0.25, 0.3) is 0 Å². The number of β-amino-alcohol motifs (C(OH)–C–C–N with tert-alkyl or cyclic N) is 2. The Kier molecular flexibility index (Phi) is 8.14. The molecule has 2 aliphatic heterocycles. The highest BCUT2D eigenvalue weighted by Crippen LogP contribution is 2.20. The van der Waals surface area contributed by atoms with Crippen LogP contribution in [-0.4, -0.2) is 81.8 Å². The van der Waals surface area contributed by atoms with Crippen molar-refractivity contribution < 1.29 is 29.3 Å². The molecule has 28 heavy (non-hydrogen) atoms. The first kappa shape index (κ1) is 24.5. The fourth-order valence-electron chi connectivity index (χ4n) is 2.85. The van der Waals surface area contributed by atoms with E-state index in [0.29, 0.717) is 26.2 Å². The van der Waals surface area contributed by atoms with Crippen molar-refractivity contribution in [3.63, 3.8) is 0 Å². The third-order valence-electron chi connectivity index (χ3n) is 4.45. The quantitative estimate of drug-likeness (QED) is 0.646. The van der Waals surface area contributed by atoms with Gasteiger partial charge in [0.2, 0.25) is 0 Å². The standard InChI is InChI=1S/2C10H19NO3/c2*1-7-5-11(6-8(7)12)9(13)14-10(2,3)4/h2*7-8,12H,5-6H2,1-4H3/t2*7-,8+/m10/s1. The van der Waals surface area contributed by atoms with Gasteiger partial charge in [-0.15, -0.1) is 0 Å². The Hall–Kier alpha value is -1.54. The van der Waals surface area contributed by atoms with Crippen LogP contribution in [0.3, 0.4) is 0 Å². The number of carbonyl (C=O) groups excluding carboxylic acids is 2. The van der Waals surface area contributed by atoms with Crippen molar-refractivity contribution in [3.05, 3.63) is 0 Å². The minimum absolute atomic E-state index is 0.141. The fourth-order valence-corrected chi connectivity index (χ4v) is 2.85. The van der Waals surface area contributed by atoms with Gasteiger partial charge in [-0.1, -0.05) is 13.8 Å². The number of rotatable bonds is 0. The van der Waals surface area contributed by atoms with E-state index < -0.39 is 23.4 Å². The molecular weight excluding hydrogens is 364 g/mol. The molecule has 0 aromatic heterocycles. The van der Waals surface area contributed by atoms with Crippen molar-refractivity contribution in [1.29, 1.82) is 0 Å². The summed E-state index contributed by atoms with van der Waals surface area (Å²) >= 11 is 0. The lowest BCUT2D eigenvalue weighted by molar-refractivity contribution is 0.0261. The second kappa shape index (κ2) is 9.31. The average molecular weight is 403 g/mol. The normalized spacial score (nSPS) is 27.9. The van der Waals surface area contributed by atoms with E-state index in [2.05, 4.69) is 0 Å². The molecule has 0 unspecified atom stereocenters. The third-order valence-corrected chi connectivity index (χ3v) is 4.45. The number of carbonyl (C=O) groups is 2. The predicted octanol–water partition coefficient (Wildman–Crippen LogP) is 2.47. The van der Waals surface area contributed by atoms with Gasteiger partial charge in [-0.2, -0.15) is 0 Å². The molecule has 0 aromatic rings. The lowest BCUT2D eigenvalue weighted by Gasteiger charge is -2.24. The smallest absolute Gasteiger partial charge is 0.410 e. The molecule has 164 valence electrons. The second-order valence-electron chi connectivity index (χ2n) is 9.86. The molecule has 2 N–H and O–H groups in total. The van der Waals surface area contributed by atoms with Crippen LogP contribution in [0.5, 0.6) is 0 Å². The molecule has 2 aliphatic rings. The van der Waals surface area contributed by atoms with E-state index in [0.717, 1.165) is 0 Å². The lowest BCUT2D eigenvalue weighted by atomic mass is 10.1. The number of amides is 2. The maximum Gasteiger partial charge on any atom is 0.410 e. The average Bonchev–Trinajstić information content (AvgIpc) is 3.00. The summed E-state index contributed by atoms with van der Waals surface area (Å²) in [5, 5.41) is 18.9. The van der Waals surface area contributed by atoms with E-state index >= 15 is 0 Å². The van der Waals surface area contributed by atoms with Crippen LogP contribution in [0, 0.1) is 11.8 Å². The predicted molar refractivity (Wildman–Crippen MR) is 106 cm³/mol. The molecule has 0 saturated carbocycles. The maximum absolute atomic E-state index is 11.5. The number of ether oxygens (including phenoxy) is 2. The van der Waals surface area contributed by atoms with Crippen LogP contribution in [0.2, 0.25) is 0 Å². The van der Waals surface area contributed by atoms with Gasteiger partial charge in [0, 0.05) is 24.9 Å². The topological polar surface area (TPSA) is 99.5 Å². The molecule has 0 bridgehead atoms. The number of likely N-dealkylation sites (tertiary alicyclic amines) is 2. The van der Waals surface area contributed by atoms with E-state index in [-0.39, 0.29) is 24.0 Å². The molecule has 2 fully saturated rings. The summed E-state index contributed by atoms with van der Waals surface area (Å²) < 4.78 is 10.4. The molecule has 4 atom stereocenters. The molecule has 2 amide bonds. The Labute approximate surface area is 168 Å². The Balaban J connectivity index is 0.000000280. The third kappa shape index (κ3) is 8.22. The van der Waals surface area contributed by atoms with Gasteiger partial charge in [0.05, 0.1) is 25.3 Å². The van der Waals surface area contributed by atoms with E-state index in [4.69, 9.17) is 9.47 Å². The van der Waals surface area contributed by atoms with Crippen molar-refractivity contribution >= 4 is 12.2 Å². The van der Waals surface area contributed by atoms with Crippen LogP contribution in [0.4, 0.5) is 9.59 Å².